The molecule has 1 heterocycles. The Morgan fingerprint density at radius 2 is 2.24 bits per heavy atom. The van der Waals surface area contributed by atoms with E-state index in [2.05, 4.69) is 34.9 Å². The van der Waals surface area contributed by atoms with Crippen LogP contribution < -0.4 is 5.32 Å². The van der Waals surface area contributed by atoms with Crippen molar-refractivity contribution in [2.45, 2.75) is 33.2 Å². The third kappa shape index (κ3) is 6.44. The monoisotopic (exact) mass is 239 g/mol. The third-order valence-corrected chi connectivity index (χ3v) is 2.65. The van der Waals surface area contributed by atoms with Crippen LogP contribution in [0, 0.1) is 5.92 Å². The fourth-order valence-corrected chi connectivity index (χ4v) is 1.50. The Morgan fingerprint density at radius 3 is 2.94 bits per heavy atom. The summed E-state index contributed by atoms with van der Waals surface area (Å²) in [6.07, 6.45) is 6.11. The van der Waals surface area contributed by atoms with E-state index in [1.165, 1.54) is 0 Å². The van der Waals surface area contributed by atoms with E-state index >= 15 is 0 Å². The molecule has 4 nitrogen and oxygen atoms in total. The van der Waals surface area contributed by atoms with Gasteiger partial charge in [-0.25, -0.2) is 4.98 Å². The Morgan fingerprint density at radius 1 is 1.41 bits per heavy atom. The van der Waals surface area contributed by atoms with E-state index in [4.69, 9.17) is 4.74 Å². The molecule has 0 amide bonds. The van der Waals surface area contributed by atoms with Crippen LogP contribution in [-0.4, -0.2) is 36.4 Å². The fourth-order valence-electron chi connectivity index (χ4n) is 1.50. The topological polar surface area (TPSA) is 39.1 Å². The highest BCUT2D eigenvalue weighted by atomic mass is 16.5. The molecule has 0 aromatic carbocycles. The van der Waals surface area contributed by atoms with Crippen LogP contribution in [-0.2, 0) is 17.7 Å². The zero-order chi connectivity index (χ0) is 12.5. The second-order valence-corrected chi connectivity index (χ2v) is 4.75. The summed E-state index contributed by atoms with van der Waals surface area (Å²) in [6.45, 7) is 7.93. The van der Waals surface area contributed by atoms with Gasteiger partial charge < -0.3 is 14.6 Å². The quantitative estimate of drug-likeness (QED) is 0.667. The minimum atomic E-state index is 0.719. The summed E-state index contributed by atoms with van der Waals surface area (Å²) in [4.78, 5) is 4.35. The number of nitrogens with one attached hydrogen (secondary N) is 1. The molecule has 1 aromatic heterocycles. The average molecular weight is 239 g/mol. The standard InChI is InChI=1S/C13H25N3O/c1-12(2)5-8-17-9-7-16-10-13(15-11-16)4-6-14-3/h10-12,14H,4-9H2,1-3H3. The van der Waals surface area contributed by atoms with E-state index in [1.54, 1.807) is 0 Å². The number of ether oxygens (including phenoxy) is 1. The summed E-state index contributed by atoms with van der Waals surface area (Å²) in [5.41, 5.74) is 1.14. The van der Waals surface area contributed by atoms with Gasteiger partial charge in [0, 0.05) is 32.3 Å². The lowest BCUT2D eigenvalue weighted by Crippen LogP contribution is -2.10. The number of aromatic nitrogens is 2. The number of imidazole rings is 1. The minimum absolute atomic E-state index is 0.719. The number of nitrogens with zero attached hydrogens (tertiary/aromatic N) is 2. The summed E-state index contributed by atoms with van der Waals surface area (Å²) in [5.74, 6) is 0.719. The van der Waals surface area contributed by atoms with Gasteiger partial charge in [-0.3, -0.25) is 0 Å². The Hall–Kier alpha value is -0.870. The first-order chi connectivity index (χ1) is 8.22. The van der Waals surface area contributed by atoms with Gasteiger partial charge in [0.2, 0.25) is 0 Å². The number of hydrogen-bond acceptors (Lipinski definition) is 3. The Kier molecular flexibility index (Phi) is 6.89. The molecule has 17 heavy (non-hydrogen) atoms. The van der Waals surface area contributed by atoms with Gasteiger partial charge in [-0.1, -0.05) is 13.8 Å². The van der Waals surface area contributed by atoms with Crippen LogP contribution in [0.25, 0.3) is 0 Å². The van der Waals surface area contributed by atoms with Gasteiger partial charge in [-0.2, -0.15) is 0 Å². The van der Waals surface area contributed by atoms with Gasteiger partial charge in [-0.05, 0) is 19.4 Å². The maximum atomic E-state index is 5.58. The lowest BCUT2D eigenvalue weighted by Gasteiger charge is -2.06. The van der Waals surface area contributed by atoms with Gasteiger partial charge in [0.15, 0.2) is 0 Å². The highest BCUT2D eigenvalue weighted by Crippen LogP contribution is 2.00. The molecule has 1 rings (SSSR count). The first kappa shape index (κ1) is 14.2. The van der Waals surface area contributed by atoms with Crippen LogP contribution in [0.4, 0.5) is 0 Å². The third-order valence-electron chi connectivity index (χ3n) is 2.65. The zero-order valence-corrected chi connectivity index (χ0v) is 11.3. The van der Waals surface area contributed by atoms with Crippen molar-refractivity contribution in [2.24, 2.45) is 5.92 Å². The summed E-state index contributed by atoms with van der Waals surface area (Å²) in [7, 11) is 1.96. The zero-order valence-electron chi connectivity index (χ0n) is 11.3. The van der Waals surface area contributed by atoms with E-state index in [0.717, 1.165) is 50.8 Å². The lowest BCUT2D eigenvalue weighted by atomic mass is 10.1. The second kappa shape index (κ2) is 8.25. The summed E-state index contributed by atoms with van der Waals surface area (Å²) in [5, 5.41) is 3.12. The number of likely N-dealkylation sites (N-methyl/N-ethyl adjacent to an activating group) is 1. The maximum Gasteiger partial charge on any atom is 0.0950 e. The predicted octanol–water partition coefficient (Wildman–Crippen LogP) is 1.71. The normalized spacial score (nSPS) is 11.3. The predicted molar refractivity (Wildman–Crippen MR) is 70.1 cm³/mol. The molecule has 0 aliphatic carbocycles. The van der Waals surface area contributed by atoms with Crippen molar-refractivity contribution in [3.05, 3.63) is 18.2 Å². The van der Waals surface area contributed by atoms with Crippen molar-refractivity contribution >= 4 is 0 Å². The Bertz CT molecular complexity index is 297. The van der Waals surface area contributed by atoms with Gasteiger partial charge in [0.1, 0.15) is 0 Å². The number of rotatable bonds is 9. The van der Waals surface area contributed by atoms with Crippen LogP contribution in [0.3, 0.4) is 0 Å². The van der Waals surface area contributed by atoms with E-state index in [9.17, 15) is 0 Å². The summed E-state index contributed by atoms with van der Waals surface area (Å²) < 4.78 is 7.68. The van der Waals surface area contributed by atoms with Crippen LogP contribution in [0.2, 0.25) is 0 Å². The molecule has 0 saturated heterocycles. The molecule has 1 aromatic rings. The Balaban J connectivity index is 2.12. The molecule has 0 unspecified atom stereocenters. The van der Waals surface area contributed by atoms with Crippen molar-refractivity contribution in [3.63, 3.8) is 0 Å². The SMILES string of the molecule is CNCCc1cn(CCOCCC(C)C)cn1. The molecule has 4 heteroatoms. The van der Waals surface area contributed by atoms with Gasteiger partial charge in [0.05, 0.1) is 18.6 Å². The maximum absolute atomic E-state index is 5.58. The van der Waals surface area contributed by atoms with Crippen molar-refractivity contribution < 1.29 is 4.74 Å². The first-order valence-corrected chi connectivity index (χ1v) is 6.45. The van der Waals surface area contributed by atoms with Gasteiger partial charge >= 0.3 is 0 Å². The molecule has 0 bridgehead atoms. The number of hydrogen-bond donors (Lipinski definition) is 1. The van der Waals surface area contributed by atoms with Crippen molar-refractivity contribution in [3.8, 4) is 0 Å². The van der Waals surface area contributed by atoms with E-state index in [0.29, 0.717) is 0 Å². The van der Waals surface area contributed by atoms with Gasteiger partial charge in [0.25, 0.3) is 0 Å². The molecule has 0 aliphatic heterocycles. The highest BCUT2D eigenvalue weighted by Gasteiger charge is 1.98. The summed E-state index contributed by atoms with van der Waals surface area (Å²) >= 11 is 0. The largest absolute Gasteiger partial charge is 0.380 e. The van der Waals surface area contributed by atoms with Crippen LogP contribution in [0.15, 0.2) is 12.5 Å². The molecular formula is C13H25N3O. The van der Waals surface area contributed by atoms with Gasteiger partial charge in [-0.15, -0.1) is 0 Å². The Labute approximate surface area is 104 Å². The molecule has 0 spiro atoms. The smallest absolute Gasteiger partial charge is 0.0950 e. The molecule has 0 radical (unpaired) electrons. The molecule has 0 aliphatic rings. The second-order valence-electron chi connectivity index (χ2n) is 4.75. The van der Waals surface area contributed by atoms with E-state index in [-0.39, 0.29) is 0 Å². The fraction of sp³-hybridized carbons (Fsp3) is 0.769. The van der Waals surface area contributed by atoms with Crippen molar-refractivity contribution in [1.82, 2.24) is 14.9 Å². The van der Waals surface area contributed by atoms with Crippen LogP contribution in [0.1, 0.15) is 26.0 Å². The molecule has 0 atom stereocenters. The molecular weight excluding hydrogens is 214 g/mol. The van der Waals surface area contributed by atoms with Crippen molar-refractivity contribution in [2.75, 3.05) is 26.8 Å². The molecule has 98 valence electrons. The molecule has 0 saturated carbocycles. The van der Waals surface area contributed by atoms with Crippen LogP contribution >= 0.6 is 0 Å². The van der Waals surface area contributed by atoms with E-state index in [1.807, 2.05) is 13.4 Å². The van der Waals surface area contributed by atoms with E-state index < -0.39 is 0 Å². The lowest BCUT2D eigenvalue weighted by molar-refractivity contribution is 0.116. The first-order valence-electron chi connectivity index (χ1n) is 6.45. The molecule has 0 fully saturated rings. The average Bonchev–Trinajstić information content (AvgIpc) is 2.73. The molecule has 1 N–H and O–H groups in total. The summed E-state index contributed by atoms with van der Waals surface area (Å²) in [6, 6.07) is 0. The van der Waals surface area contributed by atoms with Crippen LogP contribution in [0.5, 0.6) is 0 Å². The minimum Gasteiger partial charge on any atom is -0.380 e. The van der Waals surface area contributed by atoms with Crippen molar-refractivity contribution in [1.29, 1.82) is 0 Å². The highest BCUT2D eigenvalue weighted by molar-refractivity contribution is 4.97.